The van der Waals surface area contributed by atoms with Gasteiger partial charge in [0.1, 0.15) is 11.6 Å². The summed E-state index contributed by atoms with van der Waals surface area (Å²) in [5.41, 5.74) is 1.06. The van der Waals surface area contributed by atoms with Gasteiger partial charge in [-0.15, -0.1) is 0 Å². The van der Waals surface area contributed by atoms with Crippen molar-refractivity contribution in [3.8, 4) is 0 Å². The van der Waals surface area contributed by atoms with Crippen LogP contribution in [0.1, 0.15) is 36.3 Å². The highest BCUT2D eigenvalue weighted by Gasteiger charge is 2.17. The van der Waals surface area contributed by atoms with E-state index in [-0.39, 0.29) is 17.2 Å². The Bertz CT molecular complexity index is 1110. The molecule has 1 atom stereocenters. The van der Waals surface area contributed by atoms with E-state index in [9.17, 15) is 13.6 Å². The SMILES string of the molecule is Cc1nc(NC(C)c2cccc(C(F)F)c2)c2cn(N3CCOCC3)c(=O)cc2n1. The van der Waals surface area contributed by atoms with E-state index in [0.717, 1.165) is 5.56 Å². The second kappa shape index (κ2) is 8.35. The molecular formula is C21H23F2N5O2. The minimum Gasteiger partial charge on any atom is -0.378 e. The molecular weight excluding hydrogens is 392 g/mol. The van der Waals surface area contributed by atoms with Crippen LogP contribution in [-0.4, -0.2) is 40.9 Å². The van der Waals surface area contributed by atoms with E-state index in [0.29, 0.717) is 48.8 Å². The van der Waals surface area contributed by atoms with Crippen molar-refractivity contribution in [2.24, 2.45) is 0 Å². The Morgan fingerprint density at radius 3 is 2.60 bits per heavy atom. The van der Waals surface area contributed by atoms with Gasteiger partial charge in [0.2, 0.25) is 0 Å². The van der Waals surface area contributed by atoms with Crippen molar-refractivity contribution in [3.63, 3.8) is 0 Å². The van der Waals surface area contributed by atoms with Crippen LogP contribution in [0.4, 0.5) is 14.6 Å². The van der Waals surface area contributed by atoms with Crippen LogP contribution in [0.5, 0.6) is 0 Å². The highest BCUT2D eigenvalue weighted by molar-refractivity contribution is 5.88. The number of nitrogens with zero attached hydrogens (tertiary/aromatic N) is 4. The van der Waals surface area contributed by atoms with Crippen LogP contribution in [0.15, 0.2) is 41.3 Å². The number of hydrogen-bond acceptors (Lipinski definition) is 6. The van der Waals surface area contributed by atoms with E-state index >= 15 is 0 Å². The number of aryl methyl sites for hydroxylation is 1. The summed E-state index contributed by atoms with van der Waals surface area (Å²) < 4.78 is 33.1. The van der Waals surface area contributed by atoms with E-state index < -0.39 is 6.43 Å². The molecule has 2 aromatic heterocycles. The Balaban J connectivity index is 1.72. The number of nitrogens with one attached hydrogen (secondary N) is 1. The largest absolute Gasteiger partial charge is 0.378 e. The van der Waals surface area contributed by atoms with Gasteiger partial charge in [-0.05, 0) is 25.5 Å². The van der Waals surface area contributed by atoms with Crippen LogP contribution in [-0.2, 0) is 4.74 Å². The number of pyridine rings is 1. The monoisotopic (exact) mass is 415 g/mol. The third-order valence-electron chi connectivity index (χ3n) is 5.13. The first kappa shape index (κ1) is 20.2. The third kappa shape index (κ3) is 4.11. The second-order valence-corrected chi connectivity index (χ2v) is 7.28. The first-order chi connectivity index (χ1) is 14.4. The van der Waals surface area contributed by atoms with Gasteiger partial charge >= 0.3 is 0 Å². The molecule has 1 N–H and O–H groups in total. The van der Waals surface area contributed by atoms with E-state index in [1.165, 1.54) is 18.2 Å². The number of halogens is 2. The molecule has 4 rings (SSSR count). The number of morpholine rings is 1. The quantitative estimate of drug-likeness (QED) is 0.690. The molecule has 9 heteroatoms. The number of hydrogen-bond donors (Lipinski definition) is 1. The van der Waals surface area contributed by atoms with Gasteiger partial charge in [0.15, 0.2) is 0 Å². The van der Waals surface area contributed by atoms with Crippen molar-refractivity contribution in [3.05, 3.63) is 63.8 Å². The number of alkyl halides is 2. The number of aromatic nitrogens is 3. The summed E-state index contributed by atoms with van der Waals surface area (Å²) in [6.07, 6.45) is -0.796. The molecule has 1 aromatic carbocycles. The molecule has 0 bridgehead atoms. The van der Waals surface area contributed by atoms with Gasteiger partial charge in [-0.25, -0.2) is 23.4 Å². The average Bonchev–Trinajstić information content (AvgIpc) is 2.73. The maximum absolute atomic E-state index is 13.1. The van der Waals surface area contributed by atoms with Crippen LogP contribution in [0.3, 0.4) is 0 Å². The summed E-state index contributed by atoms with van der Waals surface area (Å²) in [6.45, 7) is 5.95. The lowest BCUT2D eigenvalue weighted by Gasteiger charge is -2.30. The summed E-state index contributed by atoms with van der Waals surface area (Å²) in [4.78, 5) is 21.5. The summed E-state index contributed by atoms with van der Waals surface area (Å²) in [5, 5.41) is 5.91. The second-order valence-electron chi connectivity index (χ2n) is 7.28. The maximum Gasteiger partial charge on any atom is 0.271 e. The van der Waals surface area contributed by atoms with Crippen LogP contribution in [0, 0.1) is 6.92 Å². The molecule has 30 heavy (non-hydrogen) atoms. The lowest BCUT2D eigenvalue weighted by molar-refractivity contribution is 0.111. The Morgan fingerprint density at radius 1 is 1.13 bits per heavy atom. The van der Waals surface area contributed by atoms with Gasteiger partial charge in [0, 0.05) is 23.9 Å². The summed E-state index contributed by atoms with van der Waals surface area (Å²) >= 11 is 0. The Morgan fingerprint density at radius 2 is 1.87 bits per heavy atom. The van der Waals surface area contributed by atoms with Gasteiger partial charge < -0.3 is 15.1 Å². The van der Waals surface area contributed by atoms with Crippen LogP contribution < -0.4 is 15.9 Å². The number of ether oxygens (including phenoxy) is 1. The molecule has 0 spiro atoms. The normalized spacial score (nSPS) is 15.6. The molecule has 1 aliphatic heterocycles. The maximum atomic E-state index is 13.1. The zero-order valence-electron chi connectivity index (χ0n) is 16.8. The summed E-state index contributed by atoms with van der Waals surface area (Å²) in [6, 6.07) is 7.53. The topological polar surface area (TPSA) is 72.3 Å². The van der Waals surface area contributed by atoms with E-state index in [1.807, 2.05) is 11.9 Å². The highest BCUT2D eigenvalue weighted by atomic mass is 19.3. The summed E-state index contributed by atoms with van der Waals surface area (Å²) in [7, 11) is 0. The Hall–Kier alpha value is -3.07. The minimum absolute atomic E-state index is 0.0222. The standard InChI is InChI=1S/C21H23F2N5O2/c1-13(15-4-3-5-16(10-15)20(22)23)24-21-17-12-28(27-6-8-30-9-7-27)19(29)11-18(17)25-14(2)26-21/h3-5,10-13,20H,6-9H2,1-2H3,(H,24,25,26). The lowest BCUT2D eigenvalue weighted by atomic mass is 10.1. The molecule has 7 nitrogen and oxygen atoms in total. The van der Waals surface area contributed by atoms with Crippen molar-refractivity contribution < 1.29 is 13.5 Å². The van der Waals surface area contributed by atoms with Crippen molar-refractivity contribution in [2.45, 2.75) is 26.3 Å². The van der Waals surface area contributed by atoms with Crippen molar-refractivity contribution in [1.82, 2.24) is 14.6 Å². The highest BCUT2D eigenvalue weighted by Crippen LogP contribution is 2.27. The molecule has 0 radical (unpaired) electrons. The van der Waals surface area contributed by atoms with Gasteiger partial charge in [0.25, 0.3) is 12.0 Å². The van der Waals surface area contributed by atoms with E-state index in [2.05, 4.69) is 15.3 Å². The third-order valence-corrected chi connectivity index (χ3v) is 5.13. The zero-order valence-corrected chi connectivity index (χ0v) is 16.8. The van der Waals surface area contributed by atoms with Crippen molar-refractivity contribution in [1.29, 1.82) is 0 Å². The predicted octanol–water partition coefficient (Wildman–Crippen LogP) is 3.18. The van der Waals surface area contributed by atoms with Crippen molar-refractivity contribution in [2.75, 3.05) is 36.6 Å². The van der Waals surface area contributed by atoms with Crippen LogP contribution in [0.2, 0.25) is 0 Å². The first-order valence-corrected chi connectivity index (χ1v) is 9.81. The predicted molar refractivity (Wildman–Crippen MR) is 111 cm³/mol. The number of anilines is 1. The van der Waals surface area contributed by atoms with Gasteiger partial charge in [0.05, 0.1) is 37.2 Å². The fraction of sp³-hybridized carbons (Fsp3) is 0.381. The molecule has 3 aromatic rings. The minimum atomic E-state index is -2.53. The van der Waals surface area contributed by atoms with Crippen LogP contribution >= 0.6 is 0 Å². The van der Waals surface area contributed by atoms with Gasteiger partial charge in [-0.2, -0.15) is 0 Å². The molecule has 0 aliphatic carbocycles. The fourth-order valence-corrected chi connectivity index (χ4v) is 3.56. The zero-order chi connectivity index (χ0) is 21.3. The van der Waals surface area contributed by atoms with Crippen molar-refractivity contribution >= 4 is 16.7 Å². The molecule has 0 saturated carbocycles. The van der Waals surface area contributed by atoms with E-state index in [1.54, 1.807) is 29.9 Å². The molecule has 1 saturated heterocycles. The molecule has 0 amide bonds. The molecule has 3 heterocycles. The van der Waals surface area contributed by atoms with Gasteiger partial charge in [-0.1, -0.05) is 18.2 Å². The van der Waals surface area contributed by atoms with E-state index in [4.69, 9.17) is 4.74 Å². The smallest absolute Gasteiger partial charge is 0.271 e. The summed E-state index contributed by atoms with van der Waals surface area (Å²) in [5.74, 6) is 1.07. The molecule has 1 unspecified atom stereocenters. The molecule has 1 fully saturated rings. The number of fused-ring (bicyclic) bond motifs is 1. The van der Waals surface area contributed by atoms with Gasteiger partial charge in [-0.3, -0.25) is 4.79 Å². The average molecular weight is 415 g/mol. The molecule has 158 valence electrons. The molecule has 1 aliphatic rings. The Kier molecular flexibility index (Phi) is 5.63. The Labute approximate surface area is 172 Å². The number of benzene rings is 1. The number of rotatable bonds is 5. The lowest BCUT2D eigenvalue weighted by Crippen LogP contribution is -2.48. The first-order valence-electron chi connectivity index (χ1n) is 9.81. The van der Waals surface area contributed by atoms with Crippen LogP contribution in [0.25, 0.3) is 10.9 Å². The fourth-order valence-electron chi connectivity index (χ4n) is 3.56.